The minimum Gasteiger partial charge on any atom is -0.365 e. The fourth-order valence-electron chi connectivity index (χ4n) is 2.11. The summed E-state index contributed by atoms with van der Waals surface area (Å²) in [6, 6.07) is 11.1. The average molecular weight is 354 g/mol. The van der Waals surface area contributed by atoms with Gasteiger partial charge in [-0.1, -0.05) is 29.8 Å². The van der Waals surface area contributed by atoms with E-state index in [0.29, 0.717) is 23.9 Å². The van der Waals surface area contributed by atoms with Gasteiger partial charge in [-0.15, -0.1) is 0 Å². The number of halogens is 1. The van der Waals surface area contributed by atoms with Crippen LogP contribution in [-0.2, 0) is 13.1 Å². The Morgan fingerprint density at radius 2 is 1.80 bits per heavy atom. The van der Waals surface area contributed by atoms with Gasteiger partial charge in [0.1, 0.15) is 11.5 Å². The molecule has 0 aliphatic heterocycles. The van der Waals surface area contributed by atoms with Gasteiger partial charge in [-0.25, -0.2) is 9.97 Å². The van der Waals surface area contributed by atoms with Crippen LogP contribution in [-0.4, -0.2) is 20.9 Å². The lowest BCUT2D eigenvalue weighted by Crippen LogP contribution is -2.24. The number of hydrogen-bond donors (Lipinski definition) is 2. The van der Waals surface area contributed by atoms with Crippen LogP contribution in [0.4, 0.5) is 5.82 Å². The van der Waals surface area contributed by atoms with Crippen molar-refractivity contribution in [3.05, 3.63) is 83.0 Å². The Kier molecular flexibility index (Phi) is 5.53. The number of rotatable bonds is 6. The maximum absolute atomic E-state index is 12.1. The third kappa shape index (κ3) is 4.99. The van der Waals surface area contributed by atoms with Gasteiger partial charge in [-0.3, -0.25) is 9.78 Å². The highest BCUT2D eigenvalue weighted by Crippen LogP contribution is 2.09. The van der Waals surface area contributed by atoms with Crippen molar-refractivity contribution < 1.29 is 4.79 Å². The van der Waals surface area contributed by atoms with Crippen molar-refractivity contribution >= 4 is 23.3 Å². The molecule has 0 fully saturated rings. The molecule has 126 valence electrons. The van der Waals surface area contributed by atoms with Crippen LogP contribution in [0.15, 0.2) is 61.2 Å². The predicted octanol–water partition coefficient (Wildman–Crippen LogP) is 3.07. The van der Waals surface area contributed by atoms with Crippen LogP contribution in [0.1, 0.15) is 21.6 Å². The van der Waals surface area contributed by atoms with Crippen molar-refractivity contribution in [2.75, 3.05) is 5.32 Å². The number of carbonyl (C=O) groups is 1. The summed E-state index contributed by atoms with van der Waals surface area (Å²) in [6.07, 6.45) is 6.48. The van der Waals surface area contributed by atoms with E-state index in [2.05, 4.69) is 25.6 Å². The maximum Gasteiger partial charge on any atom is 0.271 e. The third-order valence-corrected chi connectivity index (χ3v) is 3.70. The standard InChI is InChI=1S/C18H16ClN5O/c19-15-5-3-13(4-6-15)9-24-18(25)16-11-23-17(12-21-16)22-10-14-2-1-7-20-8-14/h1-8,11-12H,9-10H2,(H,22,23)(H,24,25). The first kappa shape index (κ1) is 16.9. The van der Waals surface area contributed by atoms with Gasteiger partial charge in [0.25, 0.3) is 5.91 Å². The second-order valence-electron chi connectivity index (χ2n) is 5.31. The van der Waals surface area contributed by atoms with Crippen LogP contribution in [0.25, 0.3) is 0 Å². The fourth-order valence-corrected chi connectivity index (χ4v) is 2.23. The van der Waals surface area contributed by atoms with E-state index in [1.165, 1.54) is 12.4 Å². The Balaban J connectivity index is 1.52. The molecule has 3 rings (SSSR count). The van der Waals surface area contributed by atoms with Crippen molar-refractivity contribution in [1.29, 1.82) is 0 Å². The van der Waals surface area contributed by atoms with Gasteiger partial charge in [0.05, 0.1) is 12.4 Å². The van der Waals surface area contributed by atoms with Crippen molar-refractivity contribution in [3.8, 4) is 0 Å². The lowest BCUT2D eigenvalue weighted by molar-refractivity contribution is 0.0945. The molecular weight excluding hydrogens is 338 g/mol. The Morgan fingerprint density at radius 3 is 2.48 bits per heavy atom. The molecule has 0 bridgehead atoms. The molecule has 25 heavy (non-hydrogen) atoms. The van der Waals surface area contributed by atoms with Crippen molar-refractivity contribution in [1.82, 2.24) is 20.3 Å². The molecular formula is C18H16ClN5O. The highest BCUT2D eigenvalue weighted by atomic mass is 35.5. The van der Waals surface area contributed by atoms with Gasteiger partial charge in [0, 0.05) is 30.5 Å². The zero-order chi connectivity index (χ0) is 17.5. The number of nitrogens with zero attached hydrogens (tertiary/aromatic N) is 3. The van der Waals surface area contributed by atoms with E-state index in [0.717, 1.165) is 11.1 Å². The average Bonchev–Trinajstić information content (AvgIpc) is 2.67. The summed E-state index contributed by atoms with van der Waals surface area (Å²) in [5, 5.41) is 6.59. The summed E-state index contributed by atoms with van der Waals surface area (Å²) < 4.78 is 0. The normalized spacial score (nSPS) is 10.3. The second kappa shape index (κ2) is 8.21. The monoisotopic (exact) mass is 353 g/mol. The van der Waals surface area contributed by atoms with Crippen LogP contribution >= 0.6 is 11.6 Å². The minimum absolute atomic E-state index is 0.265. The van der Waals surface area contributed by atoms with Crippen LogP contribution in [0.5, 0.6) is 0 Å². The lowest BCUT2D eigenvalue weighted by atomic mass is 10.2. The Bertz CT molecular complexity index is 822. The Hall–Kier alpha value is -2.99. The third-order valence-electron chi connectivity index (χ3n) is 3.45. The topological polar surface area (TPSA) is 79.8 Å². The predicted molar refractivity (Wildman–Crippen MR) is 96.2 cm³/mol. The SMILES string of the molecule is O=C(NCc1ccc(Cl)cc1)c1cnc(NCc2cccnc2)cn1. The molecule has 0 spiro atoms. The van der Waals surface area contributed by atoms with Crippen molar-refractivity contribution in [2.24, 2.45) is 0 Å². The van der Waals surface area contributed by atoms with Gasteiger partial charge < -0.3 is 10.6 Å². The number of amides is 1. The highest BCUT2D eigenvalue weighted by Gasteiger charge is 2.08. The first-order valence-corrected chi connectivity index (χ1v) is 8.06. The molecule has 3 aromatic rings. The Labute approximate surface area is 150 Å². The molecule has 2 aromatic heterocycles. The van der Waals surface area contributed by atoms with E-state index in [9.17, 15) is 4.79 Å². The van der Waals surface area contributed by atoms with Gasteiger partial charge in [-0.05, 0) is 29.3 Å². The number of nitrogens with one attached hydrogen (secondary N) is 2. The molecule has 2 heterocycles. The largest absolute Gasteiger partial charge is 0.365 e. The van der Waals surface area contributed by atoms with Gasteiger partial charge in [-0.2, -0.15) is 0 Å². The number of anilines is 1. The van der Waals surface area contributed by atoms with E-state index in [4.69, 9.17) is 11.6 Å². The first-order valence-electron chi connectivity index (χ1n) is 7.68. The lowest BCUT2D eigenvalue weighted by Gasteiger charge is -2.07. The molecule has 6 nitrogen and oxygen atoms in total. The summed E-state index contributed by atoms with van der Waals surface area (Å²) >= 11 is 5.83. The second-order valence-corrected chi connectivity index (χ2v) is 5.75. The summed E-state index contributed by atoms with van der Waals surface area (Å²) in [5.74, 6) is 0.319. The summed E-state index contributed by atoms with van der Waals surface area (Å²) in [4.78, 5) is 24.5. The Morgan fingerprint density at radius 1 is 0.960 bits per heavy atom. The minimum atomic E-state index is -0.277. The molecule has 7 heteroatoms. The van der Waals surface area contributed by atoms with Gasteiger partial charge >= 0.3 is 0 Å². The van der Waals surface area contributed by atoms with E-state index in [1.807, 2.05) is 24.3 Å². The summed E-state index contributed by atoms with van der Waals surface area (Å²) in [7, 11) is 0. The van der Waals surface area contributed by atoms with Crippen LogP contribution in [0, 0.1) is 0 Å². The van der Waals surface area contributed by atoms with Crippen LogP contribution in [0.3, 0.4) is 0 Å². The van der Waals surface area contributed by atoms with Crippen LogP contribution in [0.2, 0.25) is 5.02 Å². The molecule has 0 aliphatic rings. The van der Waals surface area contributed by atoms with E-state index in [1.54, 1.807) is 24.5 Å². The highest BCUT2D eigenvalue weighted by molar-refractivity contribution is 6.30. The molecule has 2 N–H and O–H groups in total. The molecule has 0 saturated carbocycles. The quantitative estimate of drug-likeness (QED) is 0.712. The van der Waals surface area contributed by atoms with Crippen LogP contribution < -0.4 is 10.6 Å². The van der Waals surface area contributed by atoms with Crippen molar-refractivity contribution in [2.45, 2.75) is 13.1 Å². The molecule has 0 unspecified atom stereocenters. The smallest absolute Gasteiger partial charge is 0.271 e. The molecule has 1 amide bonds. The van der Waals surface area contributed by atoms with Gasteiger partial charge in [0.2, 0.25) is 0 Å². The zero-order valence-electron chi connectivity index (χ0n) is 13.3. The zero-order valence-corrected chi connectivity index (χ0v) is 14.1. The summed E-state index contributed by atoms with van der Waals surface area (Å²) in [6.45, 7) is 0.989. The van der Waals surface area contributed by atoms with E-state index >= 15 is 0 Å². The molecule has 0 atom stereocenters. The molecule has 0 radical (unpaired) electrons. The number of hydrogen-bond acceptors (Lipinski definition) is 5. The molecule has 0 saturated heterocycles. The number of carbonyl (C=O) groups excluding carboxylic acids is 1. The summed E-state index contributed by atoms with van der Waals surface area (Å²) in [5.41, 5.74) is 2.26. The first-order chi connectivity index (χ1) is 12.2. The van der Waals surface area contributed by atoms with Gasteiger partial charge in [0.15, 0.2) is 0 Å². The van der Waals surface area contributed by atoms with Crippen molar-refractivity contribution in [3.63, 3.8) is 0 Å². The van der Waals surface area contributed by atoms with E-state index < -0.39 is 0 Å². The molecule has 1 aromatic carbocycles. The maximum atomic E-state index is 12.1. The van der Waals surface area contributed by atoms with E-state index in [-0.39, 0.29) is 11.6 Å². The number of aromatic nitrogens is 3. The number of benzene rings is 1. The molecule has 0 aliphatic carbocycles. The number of pyridine rings is 1. The fraction of sp³-hybridized carbons (Fsp3) is 0.111.